The van der Waals surface area contributed by atoms with Crippen LogP contribution in [0.2, 0.25) is 0 Å². The van der Waals surface area contributed by atoms with Crippen molar-refractivity contribution in [2.45, 2.75) is 43.5 Å². The van der Waals surface area contributed by atoms with Crippen LogP contribution in [0.4, 0.5) is 0 Å². The lowest BCUT2D eigenvalue weighted by Gasteiger charge is -2.15. The van der Waals surface area contributed by atoms with Crippen molar-refractivity contribution < 1.29 is 0 Å². The molecule has 0 bridgehead atoms. The second kappa shape index (κ2) is 9.92. The van der Waals surface area contributed by atoms with Crippen LogP contribution in [-0.2, 0) is 0 Å². The second-order valence-electron chi connectivity index (χ2n) is 7.90. The Bertz CT molecular complexity index is 1080. The molecule has 1 aliphatic rings. The standard InChI is InChI=1S/C26H28N4S/c1-18-6-5-9-24(30-18)26(27)23(17-29-21-7-3-4-8-21)20-14-15-28-25(16-20)19-10-12-22(31-2)13-11-19/h5-6,9-17,21,27,29H,3-4,7-8H2,1-2H3/b23-17-,27-26?. The average molecular weight is 429 g/mol. The minimum absolute atomic E-state index is 0.420. The van der Waals surface area contributed by atoms with Gasteiger partial charge in [0.15, 0.2) is 0 Å². The van der Waals surface area contributed by atoms with E-state index in [4.69, 9.17) is 5.41 Å². The third-order valence-electron chi connectivity index (χ3n) is 5.69. The highest BCUT2D eigenvalue weighted by molar-refractivity contribution is 7.98. The van der Waals surface area contributed by atoms with Gasteiger partial charge in [0.1, 0.15) is 0 Å². The number of allylic oxidation sites excluding steroid dienone is 1. The maximum atomic E-state index is 8.93. The lowest BCUT2D eigenvalue weighted by molar-refractivity contribution is 0.609. The van der Waals surface area contributed by atoms with E-state index in [9.17, 15) is 0 Å². The number of aromatic nitrogens is 2. The first-order chi connectivity index (χ1) is 15.1. The van der Waals surface area contributed by atoms with Gasteiger partial charge >= 0.3 is 0 Å². The third kappa shape index (κ3) is 5.23. The van der Waals surface area contributed by atoms with Gasteiger partial charge in [-0.15, -0.1) is 11.8 Å². The van der Waals surface area contributed by atoms with E-state index in [1.165, 1.54) is 30.6 Å². The van der Waals surface area contributed by atoms with Crippen LogP contribution in [0.15, 0.2) is 71.9 Å². The normalized spacial score (nSPS) is 14.6. The largest absolute Gasteiger partial charge is 0.388 e. The molecule has 0 amide bonds. The molecule has 2 aromatic heterocycles. The fourth-order valence-electron chi connectivity index (χ4n) is 3.93. The van der Waals surface area contributed by atoms with Crippen molar-refractivity contribution in [1.29, 1.82) is 5.41 Å². The molecule has 5 heteroatoms. The number of pyridine rings is 2. The minimum atomic E-state index is 0.420. The molecule has 0 aliphatic heterocycles. The monoisotopic (exact) mass is 428 g/mol. The van der Waals surface area contributed by atoms with Gasteiger partial charge in [-0.1, -0.05) is 31.0 Å². The van der Waals surface area contributed by atoms with Crippen molar-refractivity contribution in [1.82, 2.24) is 15.3 Å². The molecule has 1 saturated carbocycles. The summed E-state index contributed by atoms with van der Waals surface area (Å²) in [5.74, 6) is 0. The minimum Gasteiger partial charge on any atom is -0.388 e. The lowest BCUT2D eigenvalue weighted by Crippen LogP contribution is -2.21. The van der Waals surface area contributed by atoms with Crippen LogP contribution in [0.3, 0.4) is 0 Å². The number of nitrogens with zero attached hydrogens (tertiary/aromatic N) is 2. The number of thioether (sulfide) groups is 1. The molecule has 1 aliphatic carbocycles. The van der Waals surface area contributed by atoms with Crippen LogP contribution in [0.5, 0.6) is 0 Å². The summed E-state index contributed by atoms with van der Waals surface area (Å²) in [6.45, 7) is 1.96. The molecule has 0 unspecified atom stereocenters. The summed E-state index contributed by atoms with van der Waals surface area (Å²) in [5.41, 5.74) is 5.80. The van der Waals surface area contributed by atoms with E-state index >= 15 is 0 Å². The van der Waals surface area contributed by atoms with Crippen molar-refractivity contribution in [3.8, 4) is 11.3 Å². The van der Waals surface area contributed by atoms with Crippen LogP contribution >= 0.6 is 11.8 Å². The number of nitrogens with one attached hydrogen (secondary N) is 2. The van der Waals surface area contributed by atoms with Crippen LogP contribution in [0.1, 0.15) is 42.6 Å². The molecule has 2 heterocycles. The van der Waals surface area contributed by atoms with E-state index in [0.717, 1.165) is 28.1 Å². The van der Waals surface area contributed by atoms with E-state index in [1.54, 1.807) is 11.8 Å². The molecule has 0 atom stereocenters. The maximum Gasteiger partial charge on any atom is 0.0889 e. The molecule has 3 aromatic rings. The molecule has 1 fully saturated rings. The van der Waals surface area contributed by atoms with Crippen LogP contribution in [-0.4, -0.2) is 28.0 Å². The van der Waals surface area contributed by atoms with Crippen molar-refractivity contribution in [2.24, 2.45) is 0 Å². The van der Waals surface area contributed by atoms with E-state index < -0.39 is 0 Å². The first kappa shape index (κ1) is 21.3. The lowest BCUT2D eigenvalue weighted by atomic mass is 9.98. The quantitative estimate of drug-likeness (QED) is 0.352. The fourth-order valence-corrected chi connectivity index (χ4v) is 4.34. The zero-order valence-corrected chi connectivity index (χ0v) is 18.9. The molecule has 158 valence electrons. The Morgan fingerprint density at radius 1 is 1.10 bits per heavy atom. The molecule has 1 aromatic carbocycles. The molecular formula is C26H28N4S. The van der Waals surface area contributed by atoms with Gasteiger partial charge in [0.25, 0.3) is 0 Å². The first-order valence-electron chi connectivity index (χ1n) is 10.7. The third-order valence-corrected chi connectivity index (χ3v) is 6.43. The first-order valence-corrected chi connectivity index (χ1v) is 12.0. The van der Waals surface area contributed by atoms with Gasteiger partial charge in [0, 0.05) is 40.2 Å². The van der Waals surface area contributed by atoms with Gasteiger partial charge in [-0.3, -0.25) is 15.4 Å². The molecule has 0 saturated heterocycles. The zero-order chi connectivity index (χ0) is 21.6. The highest BCUT2D eigenvalue weighted by Gasteiger charge is 2.17. The van der Waals surface area contributed by atoms with Gasteiger partial charge in [0.2, 0.25) is 0 Å². The second-order valence-corrected chi connectivity index (χ2v) is 8.78. The Morgan fingerprint density at radius 3 is 2.58 bits per heavy atom. The summed E-state index contributed by atoms with van der Waals surface area (Å²) in [6.07, 6.45) is 10.8. The smallest absolute Gasteiger partial charge is 0.0889 e. The molecule has 4 nitrogen and oxygen atoms in total. The molecule has 31 heavy (non-hydrogen) atoms. The van der Waals surface area contributed by atoms with Crippen molar-refractivity contribution in [3.63, 3.8) is 0 Å². The van der Waals surface area contributed by atoms with E-state index in [1.807, 2.05) is 43.6 Å². The fraction of sp³-hybridized carbons (Fsp3) is 0.269. The predicted octanol–water partition coefficient (Wildman–Crippen LogP) is 6.12. The summed E-state index contributed by atoms with van der Waals surface area (Å²) in [6, 6.07) is 18.8. The van der Waals surface area contributed by atoms with Gasteiger partial charge in [0.05, 0.1) is 17.1 Å². The van der Waals surface area contributed by atoms with Crippen molar-refractivity contribution >= 4 is 23.0 Å². The SMILES string of the molecule is CSc1ccc(-c2cc(/C(=C/NC3CCCC3)C(=N)c3cccc(C)n3)ccn2)cc1. The molecule has 0 spiro atoms. The summed E-state index contributed by atoms with van der Waals surface area (Å²) in [5, 5.41) is 12.5. The highest BCUT2D eigenvalue weighted by Crippen LogP contribution is 2.26. The zero-order valence-electron chi connectivity index (χ0n) is 18.1. The number of aryl methyl sites for hydroxylation is 1. The van der Waals surface area contributed by atoms with Crippen molar-refractivity contribution in [3.05, 3.63) is 83.9 Å². The number of benzene rings is 1. The molecule has 2 N–H and O–H groups in total. The van der Waals surface area contributed by atoms with Crippen LogP contribution in [0, 0.1) is 12.3 Å². The Hall–Kier alpha value is -2.92. The van der Waals surface area contributed by atoms with Crippen molar-refractivity contribution in [2.75, 3.05) is 6.26 Å². The average Bonchev–Trinajstić information content (AvgIpc) is 3.33. The van der Waals surface area contributed by atoms with Gasteiger partial charge in [-0.25, -0.2) is 0 Å². The van der Waals surface area contributed by atoms with Gasteiger partial charge in [-0.2, -0.15) is 0 Å². The number of hydrogen-bond donors (Lipinski definition) is 2. The van der Waals surface area contributed by atoms with Crippen LogP contribution < -0.4 is 5.32 Å². The topological polar surface area (TPSA) is 61.7 Å². The Balaban J connectivity index is 1.70. The molecule has 4 rings (SSSR count). The predicted molar refractivity (Wildman–Crippen MR) is 131 cm³/mol. The van der Waals surface area contributed by atoms with E-state index in [-0.39, 0.29) is 0 Å². The van der Waals surface area contributed by atoms with E-state index in [0.29, 0.717) is 17.4 Å². The van der Waals surface area contributed by atoms with Gasteiger partial charge in [-0.05, 0) is 68.0 Å². The van der Waals surface area contributed by atoms with Crippen LogP contribution in [0.25, 0.3) is 16.8 Å². The molecule has 0 radical (unpaired) electrons. The van der Waals surface area contributed by atoms with Gasteiger partial charge < -0.3 is 5.32 Å². The highest BCUT2D eigenvalue weighted by atomic mass is 32.2. The Labute approximate surface area is 188 Å². The maximum absolute atomic E-state index is 8.93. The summed E-state index contributed by atoms with van der Waals surface area (Å²) in [7, 11) is 0. The summed E-state index contributed by atoms with van der Waals surface area (Å²) in [4.78, 5) is 10.4. The Kier molecular flexibility index (Phi) is 6.82. The summed E-state index contributed by atoms with van der Waals surface area (Å²) >= 11 is 1.73. The number of hydrogen-bond acceptors (Lipinski definition) is 5. The van der Waals surface area contributed by atoms with E-state index in [2.05, 4.69) is 51.9 Å². The Morgan fingerprint density at radius 2 is 1.87 bits per heavy atom. The molecular weight excluding hydrogens is 400 g/mol. The summed E-state index contributed by atoms with van der Waals surface area (Å²) < 4.78 is 0. The number of rotatable bonds is 7.